The lowest BCUT2D eigenvalue weighted by atomic mass is 9.64. The van der Waals surface area contributed by atoms with Gasteiger partial charge in [0.05, 0.1) is 31.9 Å². The molecule has 5 heterocycles. The number of hydrogen-bond acceptors (Lipinski definition) is 5. The van der Waals surface area contributed by atoms with Crippen LogP contribution in [0.3, 0.4) is 0 Å². The Morgan fingerprint density at radius 2 is 2.21 bits per heavy atom. The van der Waals surface area contributed by atoms with Gasteiger partial charge in [-0.15, -0.1) is 0 Å². The molecule has 6 heteroatoms. The first-order chi connectivity index (χ1) is 13.6. The lowest BCUT2D eigenvalue weighted by Gasteiger charge is -2.52. The summed E-state index contributed by atoms with van der Waals surface area (Å²) in [6.07, 6.45) is 6.76. The van der Waals surface area contributed by atoms with Crippen molar-refractivity contribution in [1.82, 2.24) is 9.47 Å². The van der Waals surface area contributed by atoms with E-state index in [0.29, 0.717) is 6.42 Å². The SMILES string of the molecule is CC[C@@]12C[C@@]3(C(=O)OC)O[C@@H]1C=CN1CCc4c(n3c3cc(OC)ccc43)[C@@H]12. The Morgan fingerprint density at radius 1 is 1.36 bits per heavy atom. The molecular weight excluding hydrogens is 356 g/mol. The quantitative estimate of drug-likeness (QED) is 0.766. The van der Waals surface area contributed by atoms with Gasteiger partial charge in [-0.3, -0.25) is 0 Å². The Hall–Kier alpha value is -2.47. The molecule has 0 aliphatic carbocycles. The molecule has 4 atom stereocenters. The third-order valence-corrected chi connectivity index (χ3v) is 7.51. The predicted octanol–water partition coefficient (Wildman–Crippen LogP) is 3.10. The minimum Gasteiger partial charge on any atom is -0.497 e. The highest BCUT2D eigenvalue weighted by Gasteiger charge is 2.70. The Kier molecular flexibility index (Phi) is 3.01. The number of ether oxygens (including phenoxy) is 3. The number of benzene rings is 1. The summed E-state index contributed by atoms with van der Waals surface area (Å²) in [6.45, 7) is 3.20. The normalized spacial score (nSPS) is 34.0. The van der Waals surface area contributed by atoms with Crippen LogP contribution in [0.5, 0.6) is 5.75 Å². The van der Waals surface area contributed by atoms with Crippen molar-refractivity contribution in [2.24, 2.45) is 5.41 Å². The summed E-state index contributed by atoms with van der Waals surface area (Å²) in [5, 5.41) is 1.19. The van der Waals surface area contributed by atoms with Crippen molar-refractivity contribution in [2.45, 2.75) is 44.1 Å². The van der Waals surface area contributed by atoms with Gasteiger partial charge in [-0.25, -0.2) is 4.79 Å². The smallest absolute Gasteiger partial charge is 0.360 e. The molecule has 1 aromatic heterocycles. The molecule has 0 amide bonds. The largest absolute Gasteiger partial charge is 0.497 e. The van der Waals surface area contributed by atoms with Gasteiger partial charge in [-0.2, -0.15) is 0 Å². The molecule has 0 saturated carbocycles. The number of hydrogen-bond donors (Lipinski definition) is 0. The number of methoxy groups -OCH3 is 2. The van der Waals surface area contributed by atoms with Gasteiger partial charge in [0, 0.05) is 35.5 Å². The minimum absolute atomic E-state index is 0.0932. The molecule has 146 valence electrons. The van der Waals surface area contributed by atoms with Gasteiger partial charge in [-0.05, 0) is 42.8 Å². The van der Waals surface area contributed by atoms with E-state index in [1.807, 2.05) is 12.1 Å². The van der Waals surface area contributed by atoms with Crippen LogP contribution in [0.2, 0.25) is 0 Å². The third kappa shape index (κ3) is 1.60. The first-order valence-electron chi connectivity index (χ1n) is 10.0. The molecule has 0 unspecified atom stereocenters. The molecule has 4 aliphatic rings. The van der Waals surface area contributed by atoms with Gasteiger partial charge < -0.3 is 23.7 Å². The molecule has 0 radical (unpaired) electrons. The second-order valence-corrected chi connectivity index (χ2v) is 8.39. The highest BCUT2D eigenvalue weighted by molar-refractivity contribution is 5.91. The van der Waals surface area contributed by atoms with Gasteiger partial charge in [0.1, 0.15) is 5.75 Å². The van der Waals surface area contributed by atoms with E-state index in [9.17, 15) is 4.79 Å². The van der Waals surface area contributed by atoms with Crippen LogP contribution in [0.25, 0.3) is 10.9 Å². The van der Waals surface area contributed by atoms with Gasteiger partial charge in [-0.1, -0.05) is 6.92 Å². The van der Waals surface area contributed by atoms with Crippen LogP contribution < -0.4 is 4.74 Å². The van der Waals surface area contributed by atoms with Crippen molar-refractivity contribution in [2.75, 3.05) is 20.8 Å². The van der Waals surface area contributed by atoms with Gasteiger partial charge in [0.15, 0.2) is 0 Å². The first kappa shape index (κ1) is 16.5. The number of carbonyl (C=O) groups is 1. The van der Waals surface area contributed by atoms with E-state index in [1.165, 1.54) is 23.8 Å². The fraction of sp³-hybridized carbons (Fsp3) is 0.500. The van der Waals surface area contributed by atoms with Crippen molar-refractivity contribution in [3.05, 3.63) is 41.7 Å². The zero-order valence-electron chi connectivity index (χ0n) is 16.4. The maximum Gasteiger partial charge on any atom is 0.360 e. The van der Waals surface area contributed by atoms with E-state index in [4.69, 9.17) is 14.2 Å². The Labute approximate surface area is 163 Å². The number of aromatic nitrogens is 1. The van der Waals surface area contributed by atoms with Crippen LogP contribution in [0.1, 0.15) is 37.1 Å². The summed E-state index contributed by atoms with van der Waals surface area (Å²) in [5.41, 5.74) is 2.31. The van der Waals surface area contributed by atoms with E-state index in [-0.39, 0.29) is 23.5 Å². The van der Waals surface area contributed by atoms with Crippen LogP contribution in [0, 0.1) is 5.41 Å². The van der Waals surface area contributed by atoms with Crippen LogP contribution >= 0.6 is 0 Å². The molecule has 1 fully saturated rings. The number of rotatable bonds is 3. The lowest BCUT2D eigenvalue weighted by molar-refractivity contribution is -0.180. The molecular formula is C22H24N2O4. The Morgan fingerprint density at radius 3 is 2.96 bits per heavy atom. The van der Waals surface area contributed by atoms with Crippen molar-refractivity contribution >= 4 is 16.9 Å². The molecule has 1 saturated heterocycles. The van der Waals surface area contributed by atoms with Crippen molar-refractivity contribution in [3.8, 4) is 5.75 Å². The molecule has 2 aromatic rings. The maximum absolute atomic E-state index is 13.2. The molecule has 2 bridgehead atoms. The maximum atomic E-state index is 13.2. The van der Waals surface area contributed by atoms with Crippen molar-refractivity contribution in [1.29, 1.82) is 0 Å². The number of esters is 1. The molecule has 28 heavy (non-hydrogen) atoms. The molecule has 0 spiro atoms. The van der Waals surface area contributed by atoms with Crippen LogP contribution in [-0.2, 0) is 26.4 Å². The van der Waals surface area contributed by atoms with E-state index >= 15 is 0 Å². The van der Waals surface area contributed by atoms with Crippen molar-refractivity contribution in [3.63, 3.8) is 0 Å². The molecule has 6 rings (SSSR count). The van der Waals surface area contributed by atoms with E-state index in [0.717, 1.165) is 30.7 Å². The highest BCUT2D eigenvalue weighted by Crippen LogP contribution is 2.66. The Bertz CT molecular complexity index is 1060. The van der Waals surface area contributed by atoms with Gasteiger partial charge in [0.2, 0.25) is 5.72 Å². The summed E-state index contributed by atoms with van der Waals surface area (Å²) in [4.78, 5) is 15.7. The third-order valence-electron chi connectivity index (χ3n) is 7.51. The fourth-order valence-corrected chi connectivity index (χ4v) is 6.32. The molecule has 4 aliphatic heterocycles. The lowest BCUT2D eigenvalue weighted by Crippen LogP contribution is -2.54. The zero-order valence-corrected chi connectivity index (χ0v) is 16.4. The topological polar surface area (TPSA) is 52.9 Å². The van der Waals surface area contributed by atoms with Crippen LogP contribution in [-0.4, -0.2) is 42.3 Å². The van der Waals surface area contributed by atoms with E-state index < -0.39 is 5.72 Å². The van der Waals surface area contributed by atoms with Crippen LogP contribution in [0.4, 0.5) is 0 Å². The van der Waals surface area contributed by atoms with Crippen molar-refractivity contribution < 1.29 is 19.0 Å². The molecule has 0 N–H and O–H groups in total. The monoisotopic (exact) mass is 380 g/mol. The summed E-state index contributed by atoms with van der Waals surface area (Å²) >= 11 is 0. The number of fused-ring (bicyclic) bond motifs is 5. The standard InChI is InChI=1S/C22H24N2O4/c1-4-21-12-22(20(25)27-3)24-16-11-13(26-2)5-6-14(16)15-7-9-23(19(21)18(15)24)10-8-17(21)28-22/h5-6,8,10-11,17,19H,4,7,9,12H2,1-3H3/t17-,19-,21-,22+/m1/s1. The second-order valence-electron chi connectivity index (χ2n) is 8.39. The number of carbonyl (C=O) groups excluding carboxylic acids is 1. The summed E-state index contributed by atoms with van der Waals surface area (Å²) in [7, 11) is 3.12. The number of nitrogens with zero attached hydrogens (tertiary/aromatic N) is 2. The summed E-state index contributed by atoms with van der Waals surface area (Å²) in [5.74, 6) is 0.461. The molecule has 1 aromatic carbocycles. The highest BCUT2D eigenvalue weighted by atomic mass is 16.6. The van der Waals surface area contributed by atoms with E-state index in [2.05, 4.69) is 34.7 Å². The fourth-order valence-electron chi connectivity index (χ4n) is 6.32. The molecule has 6 nitrogen and oxygen atoms in total. The zero-order chi connectivity index (χ0) is 19.3. The van der Waals surface area contributed by atoms with E-state index in [1.54, 1.807) is 7.11 Å². The summed E-state index contributed by atoms with van der Waals surface area (Å²) in [6, 6.07) is 6.37. The first-order valence-corrected chi connectivity index (χ1v) is 10.0. The average Bonchev–Trinajstić information content (AvgIpc) is 3.24. The second kappa shape index (κ2) is 5.11. The minimum atomic E-state index is -1.12. The van der Waals surface area contributed by atoms with Crippen LogP contribution in [0.15, 0.2) is 30.5 Å². The Balaban J connectivity index is 1.77. The van der Waals surface area contributed by atoms with Gasteiger partial charge >= 0.3 is 5.97 Å². The average molecular weight is 380 g/mol. The van der Waals surface area contributed by atoms with Gasteiger partial charge in [0.25, 0.3) is 0 Å². The summed E-state index contributed by atoms with van der Waals surface area (Å²) < 4.78 is 19.6. The predicted molar refractivity (Wildman–Crippen MR) is 103 cm³/mol.